The maximum atomic E-state index is 4.34. The van der Waals surface area contributed by atoms with Gasteiger partial charge in [-0.25, -0.2) is 4.98 Å². The highest BCUT2D eigenvalue weighted by atomic mass is 127. The monoisotopic (exact) mass is 451 g/mol. The van der Waals surface area contributed by atoms with Gasteiger partial charge >= 0.3 is 0 Å². The third-order valence-corrected chi connectivity index (χ3v) is 5.42. The van der Waals surface area contributed by atoms with Crippen molar-refractivity contribution in [2.75, 3.05) is 19.8 Å². The zero-order valence-electron chi connectivity index (χ0n) is 14.4. The van der Waals surface area contributed by atoms with Crippen molar-refractivity contribution < 1.29 is 0 Å². The van der Waals surface area contributed by atoms with E-state index in [0.717, 1.165) is 43.0 Å². The minimum Gasteiger partial charge on any atom is -0.356 e. The molecule has 1 heterocycles. The molecule has 0 radical (unpaired) electrons. The lowest BCUT2D eigenvalue weighted by Crippen LogP contribution is -2.42. The Labute approximate surface area is 161 Å². The normalized spacial score (nSPS) is 21.1. The average molecular weight is 451 g/mol. The van der Waals surface area contributed by atoms with E-state index in [4.69, 9.17) is 0 Å². The second-order valence-electron chi connectivity index (χ2n) is 5.89. The van der Waals surface area contributed by atoms with Gasteiger partial charge in [-0.05, 0) is 45.3 Å². The molecule has 0 spiro atoms. The van der Waals surface area contributed by atoms with E-state index in [-0.39, 0.29) is 24.0 Å². The fraction of sp³-hybridized carbons (Fsp3) is 0.750. The van der Waals surface area contributed by atoms with Gasteiger partial charge in [-0.2, -0.15) is 11.8 Å². The summed E-state index contributed by atoms with van der Waals surface area (Å²) in [4.78, 5) is 8.58. The molecule has 2 rings (SSSR count). The van der Waals surface area contributed by atoms with Gasteiger partial charge in [-0.3, -0.25) is 4.99 Å². The predicted octanol–water partition coefficient (Wildman–Crippen LogP) is 3.04. The minimum absolute atomic E-state index is 0. The highest BCUT2D eigenvalue weighted by molar-refractivity contribution is 14.0. The van der Waals surface area contributed by atoms with Crippen molar-refractivity contribution >= 4 is 41.7 Å². The number of guanidine groups is 1. The van der Waals surface area contributed by atoms with Crippen LogP contribution >= 0.6 is 35.7 Å². The Balaban J connectivity index is 0.00000264. The lowest BCUT2D eigenvalue weighted by molar-refractivity contribution is 0.578. The number of nitrogens with one attached hydrogen (secondary N) is 2. The first-order valence-corrected chi connectivity index (χ1v) is 9.49. The van der Waals surface area contributed by atoms with E-state index in [0.29, 0.717) is 6.04 Å². The number of hydrogen-bond acceptors (Lipinski definition) is 3. The van der Waals surface area contributed by atoms with Crippen molar-refractivity contribution in [3.63, 3.8) is 0 Å². The Morgan fingerprint density at radius 3 is 2.87 bits per heavy atom. The third-order valence-electron chi connectivity index (χ3n) is 4.32. The van der Waals surface area contributed by atoms with Crippen LogP contribution in [0.25, 0.3) is 0 Å². The number of aliphatic imine (C=N–C) groups is 1. The van der Waals surface area contributed by atoms with Crippen molar-refractivity contribution in [1.82, 2.24) is 20.2 Å². The summed E-state index contributed by atoms with van der Waals surface area (Å²) in [6.07, 6.45) is 12.2. The molecule has 2 N–H and O–H groups in total. The molecule has 0 aromatic carbocycles. The van der Waals surface area contributed by atoms with Crippen LogP contribution in [0.15, 0.2) is 17.4 Å². The number of aromatic nitrogens is 2. The molecule has 1 fully saturated rings. The van der Waals surface area contributed by atoms with E-state index in [2.05, 4.69) is 31.4 Å². The molecule has 2 atom stereocenters. The first kappa shape index (κ1) is 20.6. The van der Waals surface area contributed by atoms with Gasteiger partial charge in [-0.15, -0.1) is 24.0 Å². The van der Waals surface area contributed by atoms with Crippen LogP contribution in [0, 0.1) is 6.92 Å². The Morgan fingerprint density at radius 2 is 2.26 bits per heavy atom. The molecule has 2 unspecified atom stereocenters. The number of rotatable bonds is 7. The van der Waals surface area contributed by atoms with Crippen molar-refractivity contribution in [2.45, 2.75) is 56.9 Å². The largest absolute Gasteiger partial charge is 0.356 e. The summed E-state index contributed by atoms with van der Waals surface area (Å²) in [7, 11) is 1.85. The van der Waals surface area contributed by atoms with Crippen molar-refractivity contribution in [3.8, 4) is 0 Å². The van der Waals surface area contributed by atoms with Crippen LogP contribution in [0.1, 0.15) is 37.9 Å². The second kappa shape index (κ2) is 11.2. The number of thioether (sulfide) groups is 1. The quantitative estimate of drug-likeness (QED) is 0.290. The Morgan fingerprint density at radius 1 is 1.43 bits per heavy atom. The van der Waals surface area contributed by atoms with Crippen LogP contribution in [0.4, 0.5) is 0 Å². The van der Waals surface area contributed by atoms with Crippen LogP contribution < -0.4 is 10.6 Å². The summed E-state index contributed by atoms with van der Waals surface area (Å²) in [6, 6.07) is 0.581. The van der Waals surface area contributed by atoms with Crippen LogP contribution in [-0.2, 0) is 6.54 Å². The maximum absolute atomic E-state index is 4.34. The summed E-state index contributed by atoms with van der Waals surface area (Å²) in [5.41, 5.74) is 0. The van der Waals surface area contributed by atoms with Gasteiger partial charge in [0.15, 0.2) is 5.96 Å². The SMILES string of the molecule is CN=C(NCCCCn1ccnc1C)NC1CCC(SC)C1.I. The second-order valence-corrected chi connectivity index (χ2v) is 7.02. The summed E-state index contributed by atoms with van der Waals surface area (Å²) >= 11 is 1.99. The lowest BCUT2D eigenvalue weighted by Gasteiger charge is -2.17. The first-order valence-electron chi connectivity index (χ1n) is 8.20. The number of aryl methyl sites for hydroxylation is 2. The Hall–Kier alpha value is -0.440. The van der Waals surface area contributed by atoms with E-state index >= 15 is 0 Å². The van der Waals surface area contributed by atoms with Crippen LogP contribution in [0.3, 0.4) is 0 Å². The molecule has 0 bridgehead atoms. The molecule has 0 amide bonds. The smallest absolute Gasteiger partial charge is 0.191 e. The molecular weight excluding hydrogens is 421 g/mol. The lowest BCUT2D eigenvalue weighted by atomic mass is 10.2. The molecule has 1 saturated carbocycles. The van der Waals surface area contributed by atoms with Gasteiger partial charge in [0.2, 0.25) is 0 Å². The molecule has 5 nitrogen and oxygen atoms in total. The van der Waals surface area contributed by atoms with E-state index in [1.807, 2.05) is 38.1 Å². The molecule has 7 heteroatoms. The fourth-order valence-electron chi connectivity index (χ4n) is 2.93. The van der Waals surface area contributed by atoms with Gasteiger partial charge in [0, 0.05) is 43.8 Å². The summed E-state index contributed by atoms with van der Waals surface area (Å²) in [5.74, 6) is 2.04. The molecule has 0 aliphatic heterocycles. The highest BCUT2D eigenvalue weighted by Crippen LogP contribution is 2.27. The van der Waals surface area contributed by atoms with E-state index < -0.39 is 0 Å². The van der Waals surface area contributed by atoms with Crippen molar-refractivity contribution in [1.29, 1.82) is 0 Å². The highest BCUT2D eigenvalue weighted by Gasteiger charge is 2.24. The van der Waals surface area contributed by atoms with Crippen LogP contribution in [-0.4, -0.2) is 46.7 Å². The number of imidazole rings is 1. The van der Waals surface area contributed by atoms with Gasteiger partial charge in [0.1, 0.15) is 5.82 Å². The van der Waals surface area contributed by atoms with Gasteiger partial charge in [0.25, 0.3) is 0 Å². The third kappa shape index (κ3) is 6.91. The average Bonchev–Trinajstić information content (AvgIpc) is 3.14. The predicted molar refractivity (Wildman–Crippen MR) is 111 cm³/mol. The van der Waals surface area contributed by atoms with E-state index in [9.17, 15) is 0 Å². The van der Waals surface area contributed by atoms with Crippen molar-refractivity contribution in [2.24, 2.45) is 4.99 Å². The molecule has 1 aromatic heterocycles. The molecule has 132 valence electrons. The minimum atomic E-state index is 0. The summed E-state index contributed by atoms with van der Waals surface area (Å²) in [6.45, 7) is 4.05. The summed E-state index contributed by atoms with van der Waals surface area (Å²) < 4.78 is 2.20. The molecule has 1 aromatic rings. The maximum Gasteiger partial charge on any atom is 0.191 e. The van der Waals surface area contributed by atoms with Crippen LogP contribution in [0.5, 0.6) is 0 Å². The van der Waals surface area contributed by atoms with Gasteiger partial charge in [0.05, 0.1) is 0 Å². The number of nitrogens with zero attached hydrogens (tertiary/aromatic N) is 3. The molecule has 1 aliphatic carbocycles. The fourth-order valence-corrected chi connectivity index (χ4v) is 3.72. The van der Waals surface area contributed by atoms with E-state index in [1.165, 1.54) is 19.3 Å². The molecular formula is C16H30IN5S. The Bertz CT molecular complexity index is 477. The van der Waals surface area contributed by atoms with Crippen LogP contribution in [0.2, 0.25) is 0 Å². The molecule has 23 heavy (non-hydrogen) atoms. The van der Waals surface area contributed by atoms with E-state index in [1.54, 1.807) is 0 Å². The van der Waals surface area contributed by atoms with Gasteiger partial charge in [-0.1, -0.05) is 0 Å². The zero-order valence-corrected chi connectivity index (χ0v) is 17.6. The Kier molecular flexibility index (Phi) is 10.0. The first-order chi connectivity index (χ1) is 10.7. The van der Waals surface area contributed by atoms with Crippen molar-refractivity contribution in [3.05, 3.63) is 18.2 Å². The number of unbranched alkanes of at least 4 members (excludes halogenated alkanes) is 1. The number of hydrogen-bond donors (Lipinski definition) is 2. The summed E-state index contributed by atoms with van der Waals surface area (Å²) in [5, 5.41) is 7.80. The topological polar surface area (TPSA) is 54.2 Å². The molecule has 0 saturated heterocycles. The standard InChI is InChI=1S/C16H29N5S.HI/c1-13-18-9-11-21(13)10-5-4-8-19-16(17-2)20-14-6-7-15(12-14)22-3;/h9,11,14-15H,4-8,10,12H2,1-3H3,(H2,17,19,20);1H. The van der Waals surface area contributed by atoms with Gasteiger partial charge < -0.3 is 15.2 Å². The number of halogens is 1. The molecule has 1 aliphatic rings. The zero-order chi connectivity index (χ0) is 15.8.